The van der Waals surface area contributed by atoms with Gasteiger partial charge in [-0.3, -0.25) is 9.59 Å². The Kier molecular flexibility index (Phi) is 9.71. The van der Waals surface area contributed by atoms with Gasteiger partial charge in [-0.25, -0.2) is 0 Å². The van der Waals surface area contributed by atoms with E-state index in [0.29, 0.717) is 25.3 Å². The number of amides is 2. The third-order valence-electron chi connectivity index (χ3n) is 5.56. The molecule has 1 atom stereocenters. The van der Waals surface area contributed by atoms with Crippen LogP contribution in [0.2, 0.25) is 0 Å². The zero-order valence-corrected chi connectivity index (χ0v) is 21.3. The summed E-state index contributed by atoms with van der Waals surface area (Å²) in [6.07, 6.45) is 1.35. The average molecular weight is 523 g/mol. The lowest BCUT2D eigenvalue weighted by atomic mass is 10.0. The Morgan fingerprint density at radius 1 is 0.912 bits per heavy atom. The minimum Gasteiger partial charge on any atom is -0.484 e. The van der Waals surface area contributed by atoms with E-state index in [2.05, 4.69) is 28.2 Å². The molecule has 5 nitrogen and oxygen atoms in total. The Morgan fingerprint density at radius 3 is 2.26 bits per heavy atom. The van der Waals surface area contributed by atoms with Crippen molar-refractivity contribution in [2.24, 2.45) is 0 Å². The number of likely N-dealkylation sites (N-methyl/N-ethyl adjacent to an activating group) is 1. The largest absolute Gasteiger partial charge is 0.484 e. The Balaban J connectivity index is 1.86. The first kappa shape index (κ1) is 25.5. The van der Waals surface area contributed by atoms with Crippen LogP contribution in [-0.2, 0) is 29.0 Å². The predicted molar refractivity (Wildman–Crippen MR) is 139 cm³/mol. The summed E-state index contributed by atoms with van der Waals surface area (Å²) in [6.45, 7) is 4.60. The monoisotopic (exact) mass is 522 g/mol. The number of nitrogens with one attached hydrogen (secondary N) is 1. The normalized spacial score (nSPS) is 11.5. The van der Waals surface area contributed by atoms with Crippen molar-refractivity contribution in [2.75, 3.05) is 13.2 Å². The fourth-order valence-electron chi connectivity index (χ4n) is 3.73. The fraction of sp³-hybridized carbons (Fsp3) is 0.286. The molecule has 0 fully saturated rings. The SMILES string of the molecule is CCNC(=O)[C@@H](Cc1ccccc1)N(Cc1cccc(Br)c1)C(=O)COc1ccc(CC)cc1. The van der Waals surface area contributed by atoms with Crippen molar-refractivity contribution in [3.05, 3.63) is 100 Å². The molecular weight excluding hydrogens is 492 g/mol. The van der Waals surface area contributed by atoms with Crippen LogP contribution in [0.5, 0.6) is 5.75 Å². The van der Waals surface area contributed by atoms with Crippen molar-refractivity contribution >= 4 is 27.7 Å². The molecule has 1 N–H and O–H groups in total. The number of ether oxygens (including phenoxy) is 1. The minimum absolute atomic E-state index is 0.149. The summed E-state index contributed by atoms with van der Waals surface area (Å²) >= 11 is 3.50. The topological polar surface area (TPSA) is 58.6 Å². The quantitative estimate of drug-likeness (QED) is 0.378. The van der Waals surface area contributed by atoms with E-state index in [1.807, 2.05) is 85.8 Å². The molecule has 0 aromatic heterocycles. The molecule has 34 heavy (non-hydrogen) atoms. The highest BCUT2D eigenvalue weighted by Gasteiger charge is 2.30. The van der Waals surface area contributed by atoms with Crippen molar-refractivity contribution in [3.63, 3.8) is 0 Å². The minimum atomic E-state index is -0.667. The first-order valence-electron chi connectivity index (χ1n) is 11.6. The molecule has 3 aromatic carbocycles. The zero-order valence-electron chi connectivity index (χ0n) is 19.7. The predicted octanol–water partition coefficient (Wildman–Crippen LogP) is 5.17. The smallest absolute Gasteiger partial charge is 0.261 e. The van der Waals surface area contributed by atoms with Gasteiger partial charge >= 0.3 is 0 Å². The van der Waals surface area contributed by atoms with Gasteiger partial charge in [-0.1, -0.05) is 77.5 Å². The second-order valence-corrected chi connectivity index (χ2v) is 8.95. The van der Waals surface area contributed by atoms with Gasteiger partial charge in [0.25, 0.3) is 5.91 Å². The molecule has 0 unspecified atom stereocenters. The van der Waals surface area contributed by atoms with Gasteiger partial charge in [0.1, 0.15) is 11.8 Å². The van der Waals surface area contributed by atoms with E-state index in [-0.39, 0.29) is 18.4 Å². The second kappa shape index (κ2) is 12.9. The molecule has 6 heteroatoms. The van der Waals surface area contributed by atoms with E-state index in [9.17, 15) is 9.59 Å². The molecular formula is C28H31BrN2O3. The maximum absolute atomic E-state index is 13.5. The molecule has 178 valence electrons. The summed E-state index contributed by atoms with van der Waals surface area (Å²) in [6, 6.07) is 24.6. The summed E-state index contributed by atoms with van der Waals surface area (Å²) in [5, 5.41) is 2.90. The van der Waals surface area contributed by atoms with E-state index < -0.39 is 6.04 Å². The van der Waals surface area contributed by atoms with Gasteiger partial charge in [-0.05, 0) is 54.3 Å². The lowest BCUT2D eigenvalue weighted by molar-refractivity contribution is -0.142. The number of carbonyl (C=O) groups is 2. The highest BCUT2D eigenvalue weighted by atomic mass is 79.9. The third kappa shape index (κ3) is 7.45. The number of benzene rings is 3. The maximum Gasteiger partial charge on any atom is 0.261 e. The van der Waals surface area contributed by atoms with E-state index >= 15 is 0 Å². The van der Waals surface area contributed by atoms with Crippen molar-refractivity contribution in [1.82, 2.24) is 10.2 Å². The molecule has 0 bridgehead atoms. The highest BCUT2D eigenvalue weighted by Crippen LogP contribution is 2.19. The summed E-state index contributed by atoms with van der Waals surface area (Å²) in [4.78, 5) is 28.2. The summed E-state index contributed by atoms with van der Waals surface area (Å²) in [7, 11) is 0. The number of hydrogen-bond donors (Lipinski definition) is 1. The molecule has 0 aliphatic rings. The average Bonchev–Trinajstić information content (AvgIpc) is 2.85. The molecule has 0 aliphatic heterocycles. The van der Waals surface area contributed by atoms with Gasteiger partial charge in [-0.15, -0.1) is 0 Å². The highest BCUT2D eigenvalue weighted by molar-refractivity contribution is 9.10. The molecule has 0 saturated heterocycles. The van der Waals surface area contributed by atoms with Crippen LogP contribution in [0.4, 0.5) is 0 Å². The van der Waals surface area contributed by atoms with Crippen LogP contribution in [0, 0.1) is 0 Å². The number of nitrogens with zero attached hydrogens (tertiary/aromatic N) is 1. The lowest BCUT2D eigenvalue weighted by Gasteiger charge is -2.31. The standard InChI is InChI=1S/C28H31BrN2O3/c1-3-21-13-15-25(16-14-21)34-20-27(32)31(19-23-11-8-12-24(29)17-23)26(28(33)30-4-2)18-22-9-6-5-7-10-22/h5-17,26H,3-4,18-20H2,1-2H3,(H,30,33)/t26-/m1/s1. The van der Waals surface area contributed by atoms with Gasteiger partial charge < -0.3 is 15.0 Å². The summed E-state index contributed by atoms with van der Waals surface area (Å²) in [5.74, 6) is 0.208. The molecule has 0 aliphatic carbocycles. The Hall–Kier alpha value is -3.12. The molecule has 0 radical (unpaired) electrons. The van der Waals surface area contributed by atoms with Crippen LogP contribution in [0.3, 0.4) is 0 Å². The van der Waals surface area contributed by atoms with E-state index in [4.69, 9.17) is 4.74 Å². The Morgan fingerprint density at radius 2 is 1.62 bits per heavy atom. The second-order valence-electron chi connectivity index (χ2n) is 8.04. The number of aryl methyl sites for hydroxylation is 1. The first-order valence-corrected chi connectivity index (χ1v) is 12.4. The maximum atomic E-state index is 13.5. The Bertz CT molecular complexity index is 1070. The van der Waals surface area contributed by atoms with Crippen LogP contribution in [0.25, 0.3) is 0 Å². The molecule has 0 spiro atoms. The van der Waals surface area contributed by atoms with E-state index in [1.54, 1.807) is 4.90 Å². The van der Waals surface area contributed by atoms with Gasteiger partial charge in [0.2, 0.25) is 5.91 Å². The first-order chi connectivity index (χ1) is 16.5. The van der Waals surface area contributed by atoms with Crippen LogP contribution in [-0.4, -0.2) is 35.9 Å². The zero-order chi connectivity index (χ0) is 24.3. The van der Waals surface area contributed by atoms with Gasteiger partial charge in [-0.2, -0.15) is 0 Å². The lowest BCUT2D eigenvalue weighted by Crippen LogP contribution is -2.51. The molecule has 3 aromatic rings. The van der Waals surface area contributed by atoms with Crippen LogP contribution in [0.15, 0.2) is 83.3 Å². The van der Waals surface area contributed by atoms with Crippen LogP contribution >= 0.6 is 15.9 Å². The Labute approximate surface area is 210 Å². The third-order valence-corrected chi connectivity index (χ3v) is 6.05. The van der Waals surface area contributed by atoms with Crippen molar-refractivity contribution in [2.45, 2.75) is 39.3 Å². The number of hydrogen-bond acceptors (Lipinski definition) is 3. The summed E-state index contributed by atoms with van der Waals surface area (Å²) < 4.78 is 6.74. The number of halogens is 1. The van der Waals surface area contributed by atoms with Crippen LogP contribution in [0.1, 0.15) is 30.5 Å². The number of rotatable bonds is 11. The molecule has 0 saturated carbocycles. The summed E-state index contributed by atoms with van der Waals surface area (Å²) in [5.41, 5.74) is 3.12. The van der Waals surface area contributed by atoms with Gasteiger partial charge in [0.15, 0.2) is 6.61 Å². The van der Waals surface area contributed by atoms with Gasteiger partial charge in [0.05, 0.1) is 0 Å². The fourth-order valence-corrected chi connectivity index (χ4v) is 4.17. The number of carbonyl (C=O) groups excluding carboxylic acids is 2. The van der Waals surface area contributed by atoms with Crippen LogP contribution < -0.4 is 10.1 Å². The van der Waals surface area contributed by atoms with Crippen molar-refractivity contribution in [1.29, 1.82) is 0 Å². The van der Waals surface area contributed by atoms with Gasteiger partial charge in [0, 0.05) is 24.0 Å². The van der Waals surface area contributed by atoms with Crippen molar-refractivity contribution in [3.8, 4) is 5.75 Å². The molecule has 3 rings (SSSR count). The molecule has 0 heterocycles. The van der Waals surface area contributed by atoms with E-state index in [1.165, 1.54) is 5.56 Å². The molecule has 2 amide bonds. The van der Waals surface area contributed by atoms with E-state index in [0.717, 1.165) is 22.0 Å². The van der Waals surface area contributed by atoms with Crippen molar-refractivity contribution < 1.29 is 14.3 Å².